The maximum absolute atomic E-state index is 9.59. The van der Waals surface area contributed by atoms with Crippen LogP contribution >= 0.6 is 0 Å². The van der Waals surface area contributed by atoms with Gasteiger partial charge in [0.05, 0.1) is 13.2 Å². The van der Waals surface area contributed by atoms with E-state index in [1.54, 1.807) is 12.1 Å². The first-order valence-electron chi connectivity index (χ1n) is 6.24. The van der Waals surface area contributed by atoms with Crippen molar-refractivity contribution in [1.82, 2.24) is 0 Å². The number of para-hydroxylation sites is 1. The molecule has 0 saturated carbocycles. The average Bonchev–Trinajstić information content (AvgIpc) is 2.47. The minimum atomic E-state index is -0.509. The third-order valence-electron chi connectivity index (χ3n) is 3.11. The molecular formula is C16H16N2O2. The van der Waals surface area contributed by atoms with Crippen LogP contribution in [-0.2, 0) is 0 Å². The molecule has 0 heterocycles. The van der Waals surface area contributed by atoms with Gasteiger partial charge in [-0.2, -0.15) is 5.26 Å². The number of nitriles is 1. The molecule has 4 nitrogen and oxygen atoms in total. The summed E-state index contributed by atoms with van der Waals surface area (Å²) in [5, 5.41) is 22.1. The summed E-state index contributed by atoms with van der Waals surface area (Å²) < 4.78 is 5.07. The maximum Gasteiger partial charge on any atom is 0.160 e. The summed E-state index contributed by atoms with van der Waals surface area (Å²) in [7, 11) is 1.48. The van der Waals surface area contributed by atoms with Gasteiger partial charge in [0.25, 0.3) is 0 Å². The third-order valence-corrected chi connectivity index (χ3v) is 3.11. The largest absolute Gasteiger partial charge is 0.504 e. The zero-order valence-corrected chi connectivity index (χ0v) is 11.4. The van der Waals surface area contributed by atoms with Gasteiger partial charge < -0.3 is 15.2 Å². The highest BCUT2D eigenvalue weighted by Gasteiger charge is 2.13. The number of rotatable bonds is 4. The van der Waals surface area contributed by atoms with Crippen molar-refractivity contribution < 1.29 is 9.84 Å². The number of hydrogen-bond acceptors (Lipinski definition) is 4. The van der Waals surface area contributed by atoms with Crippen LogP contribution in [0, 0.1) is 18.3 Å². The predicted octanol–water partition coefficient (Wildman–Crippen LogP) is 3.39. The molecule has 2 N–H and O–H groups in total. The second kappa shape index (κ2) is 5.98. The van der Waals surface area contributed by atoms with Gasteiger partial charge in [0, 0.05) is 5.69 Å². The second-order valence-electron chi connectivity index (χ2n) is 4.45. The van der Waals surface area contributed by atoms with Crippen molar-refractivity contribution >= 4 is 5.69 Å². The van der Waals surface area contributed by atoms with Gasteiger partial charge in [-0.05, 0) is 36.2 Å². The van der Waals surface area contributed by atoms with Crippen LogP contribution in [0.2, 0.25) is 0 Å². The Labute approximate surface area is 118 Å². The molecular weight excluding hydrogens is 252 g/mol. The summed E-state index contributed by atoms with van der Waals surface area (Å²) >= 11 is 0. The number of nitrogens with one attached hydrogen (secondary N) is 1. The summed E-state index contributed by atoms with van der Waals surface area (Å²) in [6, 6.07) is 14.4. The number of aryl methyl sites for hydroxylation is 1. The zero-order chi connectivity index (χ0) is 14.5. The fraction of sp³-hybridized carbons (Fsp3) is 0.188. The summed E-state index contributed by atoms with van der Waals surface area (Å²) in [5.74, 6) is 0.415. The van der Waals surface area contributed by atoms with E-state index in [0.717, 1.165) is 16.8 Å². The molecule has 2 rings (SSSR count). The molecule has 0 bridgehead atoms. The number of ether oxygens (including phenoxy) is 1. The van der Waals surface area contributed by atoms with Crippen molar-refractivity contribution in [2.45, 2.75) is 13.0 Å². The van der Waals surface area contributed by atoms with Crippen LogP contribution in [0.15, 0.2) is 42.5 Å². The van der Waals surface area contributed by atoms with Gasteiger partial charge in [-0.25, -0.2) is 0 Å². The monoisotopic (exact) mass is 268 g/mol. The van der Waals surface area contributed by atoms with Crippen LogP contribution in [0.25, 0.3) is 0 Å². The Bertz CT molecular complexity index is 647. The number of phenolic OH excluding ortho intramolecular Hbond substituents is 1. The minimum absolute atomic E-state index is 0.0591. The van der Waals surface area contributed by atoms with E-state index in [1.807, 2.05) is 31.2 Å². The zero-order valence-electron chi connectivity index (χ0n) is 11.4. The summed E-state index contributed by atoms with van der Waals surface area (Å²) in [4.78, 5) is 0. The minimum Gasteiger partial charge on any atom is -0.504 e. The van der Waals surface area contributed by atoms with Gasteiger partial charge >= 0.3 is 0 Å². The highest BCUT2D eigenvalue weighted by Crippen LogP contribution is 2.30. The topological polar surface area (TPSA) is 65.3 Å². The Morgan fingerprint density at radius 1 is 1.25 bits per heavy atom. The van der Waals surface area contributed by atoms with E-state index in [2.05, 4.69) is 11.4 Å². The molecule has 0 aliphatic heterocycles. The first kappa shape index (κ1) is 13.8. The molecule has 0 fully saturated rings. The van der Waals surface area contributed by atoms with E-state index >= 15 is 0 Å². The molecule has 4 heteroatoms. The predicted molar refractivity (Wildman–Crippen MR) is 77.8 cm³/mol. The van der Waals surface area contributed by atoms with Crippen LogP contribution in [0.5, 0.6) is 11.5 Å². The molecule has 1 atom stereocenters. The number of methoxy groups -OCH3 is 1. The number of aromatic hydroxyl groups is 1. The number of nitrogens with zero attached hydrogens (tertiary/aromatic N) is 1. The Morgan fingerprint density at radius 3 is 2.65 bits per heavy atom. The normalized spacial score (nSPS) is 11.4. The van der Waals surface area contributed by atoms with Crippen molar-refractivity contribution in [3.8, 4) is 17.6 Å². The second-order valence-corrected chi connectivity index (χ2v) is 4.45. The lowest BCUT2D eigenvalue weighted by atomic mass is 10.1. The van der Waals surface area contributed by atoms with Gasteiger partial charge in [0.15, 0.2) is 11.5 Å². The lowest BCUT2D eigenvalue weighted by Gasteiger charge is -2.16. The van der Waals surface area contributed by atoms with Gasteiger partial charge in [-0.3, -0.25) is 0 Å². The standard InChI is InChI=1S/C16H16N2O2/c1-11-5-3-4-6-13(11)18-14(10-17)12-7-8-15(19)16(9-12)20-2/h3-9,14,18-19H,1-2H3. The van der Waals surface area contributed by atoms with Gasteiger partial charge in [-0.1, -0.05) is 24.3 Å². The quantitative estimate of drug-likeness (QED) is 0.892. The molecule has 1 unspecified atom stereocenters. The van der Waals surface area contributed by atoms with E-state index in [4.69, 9.17) is 4.74 Å². The summed E-state index contributed by atoms with van der Waals surface area (Å²) in [6.45, 7) is 1.98. The van der Waals surface area contributed by atoms with Crippen LogP contribution in [0.3, 0.4) is 0 Å². The first-order valence-corrected chi connectivity index (χ1v) is 6.24. The van der Waals surface area contributed by atoms with Crippen molar-refractivity contribution in [2.24, 2.45) is 0 Å². The van der Waals surface area contributed by atoms with Gasteiger partial charge in [-0.15, -0.1) is 0 Å². The van der Waals surface area contributed by atoms with Crippen molar-refractivity contribution in [1.29, 1.82) is 5.26 Å². The van der Waals surface area contributed by atoms with E-state index in [1.165, 1.54) is 13.2 Å². The van der Waals surface area contributed by atoms with E-state index in [-0.39, 0.29) is 5.75 Å². The lowest BCUT2D eigenvalue weighted by Crippen LogP contribution is -2.09. The van der Waals surface area contributed by atoms with E-state index in [9.17, 15) is 10.4 Å². The smallest absolute Gasteiger partial charge is 0.160 e. The highest BCUT2D eigenvalue weighted by molar-refractivity contribution is 5.54. The Balaban J connectivity index is 2.30. The van der Waals surface area contributed by atoms with Crippen LogP contribution < -0.4 is 10.1 Å². The highest BCUT2D eigenvalue weighted by atomic mass is 16.5. The fourth-order valence-electron chi connectivity index (χ4n) is 1.95. The molecule has 0 aromatic heterocycles. The van der Waals surface area contributed by atoms with Crippen LogP contribution in [0.4, 0.5) is 5.69 Å². The fourth-order valence-corrected chi connectivity index (χ4v) is 1.95. The Morgan fingerprint density at radius 2 is 2.00 bits per heavy atom. The summed E-state index contributed by atoms with van der Waals surface area (Å²) in [6.07, 6.45) is 0. The Kier molecular flexibility index (Phi) is 4.11. The molecule has 0 spiro atoms. The van der Waals surface area contributed by atoms with Crippen molar-refractivity contribution in [2.75, 3.05) is 12.4 Å². The number of hydrogen-bond donors (Lipinski definition) is 2. The van der Waals surface area contributed by atoms with Crippen molar-refractivity contribution in [3.05, 3.63) is 53.6 Å². The molecule has 0 saturated heterocycles. The number of benzene rings is 2. The lowest BCUT2D eigenvalue weighted by molar-refractivity contribution is 0.373. The molecule has 20 heavy (non-hydrogen) atoms. The van der Waals surface area contributed by atoms with E-state index < -0.39 is 6.04 Å². The van der Waals surface area contributed by atoms with Crippen LogP contribution in [-0.4, -0.2) is 12.2 Å². The molecule has 0 aliphatic carbocycles. The molecule has 0 aliphatic rings. The van der Waals surface area contributed by atoms with Gasteiger partial charge in [0.2, 0.25) is 0 Å². The van der Waals surface area contributed by atoms with E-state index in [0.29, 0.717) is 5.75 Å². The Hall–Kier alpha value is -2.67. The summed E-state index contributed by atoms with van der Waals surface area (Å²) in [5.41, 5.74) is 2.72. The maximum atomic E-state index is 9.59. The molecule has 0 radical (unpaired) electrons. The molecule has 0 amide bonds. The molecule has 102 valence electrons. The first-order chi connectivity index (χ1) is 9.65. The van der Waals surface area contributed by atoms with Gasteiger partial charge in [0.1, 0.15) is 6.04 Å². The molecule has 2 aromatic rings. The SMILES string of the molecule is COc1cc(C(C#N)Nc2ccccc2C)ccc1O. The van der Waals surface area contributed by atoms with Crippen molar-refractivity contribution in [3.63, 3.8) is 0 Å². The third kappa shape index (κ3) is 2.83. The molecule has 2 aromatic carbocycles. The number of anilines is 1. The number of phenols is 1. The van der Waals surface area contributed by atoms with Crippen LogP contribution in [0.1, 0.15) is 17.2 Å². The average molecular weight is 268 g/mol.